The number of hydrogen-bond donors (Lipinski definition) is 0. The van der Waals surface area contributed by atoms with Crippen LogP contribution in [0.2, 0.25) is 0 Å². The lowest BCUT2D eigenvalue weighted by atomic mass is 10.2. The molecule has 0 aliphatic carbocycles. The summed E-state index contributed by atoms with van der Waals surface area (Å²) in [6, 6.07) is 0. The summed E-state index contributed by atoms with van der Waals surface area (Å²) in [7, 11) is 0. The highest BCUT2D eigenvalue weighted by Gasteiger charge is 2.27. The van der Waals surface area contributed by atoms with Gasteiger partial charge < -0.3 is 4.74 Å². The van der Waals surface area contributed by atoms with E-state index in [1.165, 1.54) is 31.6 Å². The Morgan fingerprint density at radius 1 is 1.25 bits per heavy atom. The summed E-state index contributed by atoms with van der Waals surface area (Å²) >= 11 is 0. The van der Waals surface area contributed by atoms with E-state index >= 15 is 0 Å². The van der Waals surface area contributed by atoms with Crippen LogP contribution in [0, 0.1) is 0 Å². The third-order valence-corrected chi connectivity index (χ3v) is 3.10. The first kappa shape index (κ1) is 13.5. The predicted octanol–water partition coefficient (Wildman–Crippen LogP) is 2.31. The van der Waals surface area contributed by atoms with Crippen LogP contribution in [-0.2, 0) is 4.74 Å². The maximum Gasteiger partial charge on any atom is 0.248 e. The van der Waals surface area contributed by atoms with Gasteiger partial charge in [-0.3, -0.25) is 4.90 Å². The van der Waals surface area contributed by atoms with E-state index in [-0.39, 0.29) is 0 Å². The quantitative estimate of drug-likeness (QED) is 0.467. The van der Waals surface area contributed by atoms with Gasteiger partial charge in [-0.1, -0.05) is 20.3 Å². The maximum atomic E-state index is 5.65. The minimum atomic E-state index is 0.781. The molecule has 0 amide bonds. The molecule has 0 fully saturated rings. The average Bonchev–Trinajstić information content (AvgIpc) is 2.69. The van der Waals surface area contributed by atoms with Crippen LogP contribution in [0.15, 0.2) is 0 Å². The lowest BCUT2D eigenvalue weighted by Crippen LogP contribution is -2.29. The third kappa shape index (κ3) is 3.78. The highest BCUT2D eigenvalue weighted by atomic mass is 16.5. The molecule has 1 aliphatic rings. The van der Waals surface area contributed by atoms with Crippen molar-refractivity contribution in [1.82, 2.24) is 4.90 Å². The van der Waals surface area contributed by atoms with Crippen LogP contribution in [0.5, 0.6) is 0 Å². The number of rotatable bonds is 8. The van der Waals surface area contributed by atoms with Crippen LogP contribution in [-0.4, -0.2) is 48.3 Å². The molecule has 3 nitrogen and oxygen atoms in total. The van der Waals surface area contributed by atoms with Gasteiger partial charge in [0, 0.05) is 6.42 Å². The third-order valence-electron chi connectivity index (χ3n) is 3.10. The largest absolute Gasteiger partial charge is 0.342 e. The van der Waals surface area contributed by atoms with Crippen LogP contribution >= 0.6 is 0 Å². The molecule has 0 radical (unpaired) electrons. The van der Waals surface area contributed by atoms with Gasteiger partial charge in [0.15, 0.2) is 6.73 Å². The van der Waals surface area contributed by atoms with Crippen molar-refractivity contribution in [2.75, 3.05) is 33.0 Å². The van der Waals surface area contributed by atoms with E-state index in [2.05, 4.69) is 30.2 Å². The molecule has 0 unspecified atom stereocenters. The summed E-state index contributed by atoms with van der Waals surface area (Å²) in [5.74, 6) is 1.50. The summed E-state index contributed by atoms with van der Waals surface area (Å²) in [6.45, 7) is 11.7. The standard InChI is InChI=1S/C13H27N2O/c1-4-7-8-13-14(6-3)9-10-15(13)12-16-11-5-2/h4-12H2,1-3H3/q+1. The highest BCUT2D eigenvalue weighted by Crippen LogP contribution is 2.08. The first-order chi connectivity index (χ1) is 7.83. The predicted molar refractivity (Wildman–Crippen MR) is 68.0 cm³/mol. The van der Waals surface area contributed by atoms with Crippen molar-refractivity contribution >= 4 is 5.84 Å². The van der Waals surface area contributed by atoms with Crippen molar-refractivity contribution in [3.8, 4) is 0 Å². The van der Waals surface area contributed by atoms with Crippen molar-refractivity contribution in [3.63, 3.8) is 0 Å². The zero-order valence-electron chi connectivity index (χ0n) is 11.2. The van der Waals surface area contributed by atoms with E-state index in [1.54, 1.807) is 0 Å². The lowest BCUT2D eigenvalue weighted by Gasteiger charge is -2.11. The molecule has 0 atom stereocenters. The molecule has 0 bridgehead atoms. The number of hydrogen-bond acceptors (Lipinski definition) is 2. The molecule has 94 valence electrons. The van der Waals surface area contributed by atoms with Gasteiger partial charge in [-0.25, -0.2) is 4.58 Å². The number of ether oxygens (including phenoxy) is 1. The van der Waals surface area contributed by atoms with Crippen molar-refractivity contribution in [1.29, 1.82) is 0 Å². The van der Waals surface area contributed by atoms with E-state index in [0.717, 1.165) is 32.8 Å². The summed E-state index contributed by atoms with van der Waals surface area (Å²) in [5, 5.41) is 0. The summed E-state index contributed by atoms with van der Waals surface area (Å²) in [5.41, 5.74) is 0. The van der Waals surface area contributed by atoms with E-state index in [9.17, 15) is 0 Å². The fraction of sp³-hybridized carbons (Fsp3) is 0.923. The topological polar surface area (TPSA) is 15.5 Å². The van der Waals surface area contributed by atoms with Gasteiger partial charge in [0.25, 0.3) is 0 Å². The second-order valence-electron chi connectivity index (χ2n) is 4.40. The number of unbranched alkanes of at least 4 members (excludes halogenated alkanes) is 1. The zero-order chi connectivity index (χ0) is 11.8. The molecule has 0 aromatic heterocycles. The van der Waals surface area contributed by atoms with Gasteiger partial charge in [0.1, 0.15) is 13.1 Å². The minimum Gasteiger partial charge on any atom is -0.342 e. The first-order valence-corrected chi connectivity index (χ1v) is 6.76. The molecule has 0 saturated heterocycles. The lowest BCUT2D eigenvalue weighted by molar-refractivity contribution is -0.560. The molecular weight excluding hydrogens is 200 g/mol. The Morgan fingerprint density at radius 3 is 2.69 bits per heavy atom. The van der Waals surface area contributed by atoms with Crippen molar-refractivity contribution < 1.29 is 9.31 Å². The normalized spacial score (nSPS) is 16.3. The number of likely N-dealkylation sites (N-methyl/N-ethyl adjacent to an activating group) is 1. The smallest absolute Gasteiger partial charge is 0.248 e. The monoisotopic (exact) mass is 227 g/mol. The second kappa shape index (κ2) is 7.66. The molecule has 0 aromatic carbocycles. The van der Waals surface area contributed by atoms with Gasteiger partial charge >= 0.3 is 0 Å². The van der Waals surface area contributed by atoms with Crippen molar-refractivity contribution in [3.05, 3.63) is 0 Å². The Morgan fingerprint density at radius 2 is 2.06 bits per heavy atom. The Balaban J connectivity index is 2.51. The number of nitrogens with zero attached hydrogens (tertiary/aromatic N) is 2. The Labute approximate surface area is 100 Å². The summed E-state index contributed by atoms with van der Waals surface area (Å²) in [6.07, 6.45) is 4.87. The minimum absolute atomic E-state index is 0.781. The first-order valence-electron chi connectivity index (χ1n) is 6.76. The second-order valence-corrected chi connectivity index (χ2v) is 4.40. The molecule has 0 N–H and O–H groups in total. The Kier molecular flexibility index (Phi) is 6.46. The fourth-order valence-corrected chi connectivity index (χ4v) is 2.15. The van der Waals surface area contributed by atoms with E-state index in [1.807, 2.05) is 0 Å². The molecule has 16 heavy (non-hydrogen) atoms. The van der Waals surface area contributed by atoms with Crippen LogP contribution in [0.1, 0.15) is 46.5 Å². The molecule has 0 aromatic rings. The fourth-order valence-electron chi connectivity index (χ4n) is 2.15. The van der Waals surface area contributed by atoms with E-state index < -0.39 is 0 Å². The molecular formula is C13H27N2O+. The van der Waals surface area contributed by atoms with Crippen molar-refractivity contribution in [2.24, 2.45) is 0 Å². The van der Waals surface area contributed by atoms with E-state index in [0.29, 0.717) is 0 Å². The summed E-state index contributed by atoms with van der Waals surface area (Å²) < 4.78 is 8.06. The highest BCUT2D eigenvalue weighted by molar-refractivity contribution is 5.78. The van der Waals surface area contributed by atoms with Crippen LogP contribution in [0.4, 0.5) is 0 Å². The van der Waals surface area contributed by atoms with Crippen LogP contribution in [0.25, 0.3) is 0 Å². The zero-order valence-corrected chi connectivity index (χ0v) is 11.2. The average molecular weight is 227 g/mol. The molecule has 0 spiro atoms. The van der Waals surface area contributed by atoms with Crippen LogP contribution < -0.4 is 0 Å². The van der Waals surface area contributed by atoms with Crippen molar-refractivity contribution in [2.45, 2.75) is 46.5 Å². The van der Waals surface area contributed by atoms with Gasteiger partial charge in [0.2, 0.25) is 5.84 Å². The molecule has 1 aliphatic heterocycles. The SMILES string of the molecule is CCCCC1=[N+](COCCC)CCN1CC. The Bertz CT molecular complexity index is 226. The van der Waals surface area contributed by atoms with Gasteiger partial charge in [-0.15, -0.1) is 0 Å². The molecule has 1 rings (SSSR count). The Hall–Kier alpha value is -0.570. The van der Waals surface area contributed by atoms with E-state index in [4.69, 9.17) is 4.74 Å². The molecule has 0 saturated carbocycles. The molecule has 3 heteroatoms. The van der Waals surface area contributed by atoms with Gasteiger partial charge in [-0.2, -0.15) is 0 Å². The number of amidine groups is 1. The van der Waals surface area contributed by atoms with Gasteiger partial charge in [-0.05, 0) is 19.8 Å². The van der Waals surface area contributed by atoms with Crippen LogP contribution in [0.3, 0.4) is 0 Å². The summed E-state index contributed by atoms with van der Waals surface area (Å²) in [4.78, 5) is 2.49. The molecule has 1 heterocycles. The maximum absolute atomic E-state index is 5.65. The van der Waals surface area contributed by atoms with Gasteiger partial charge in [0.05, 0.1) is 13.2 Å².